The van der Waals surface area contributed by atoms with Gasteiger partial charge in [0.05, 0.1) is 12.2 Å². The summed E-state index contributed by atoms with van der Waals surface area (Å²) in [5.41, 5.74) is 8.26. The Bertz CT molecular complexity index is 573. The number of rotatable bonds is 4. The molecule has 0 bridgehead atoms. The first-order valence-corrected chi connectivity index (χ1v) is 5.88. The molecular weight excluding hydrogens is 242 g/mol. The Hall–Kier alpha value is -2.50. The minimum atomic E-state index is 0.110. The average Bonchev–Trinajstić information content (AvgIpc) is 2.83. The van der Waals surface area contributed by atoms with Crippen molar-refractivity contribution in [3.8, 4) is 0 Å². The molecule has 0 unspecified atom stereocenters. The van der Waals surface area contributed by atoms with E-state index >= 15 is 0 Å². The zero-order chi connectivity index (χ0) is 13.8. The van der Waals surface area contributed by atoms with Crippen molar-refractivity contribution in [2.45, 2.75) is 6.54 Å². The highest BCUT2D eigenvalue weighted by molar-refractivity contribution is 5.97. The van der Waals surface area contributed by atoms with Gasteiger partial charge in [-0.2, -0.15) is 5.10 Å². The van der Waals surface area contributed by atoms with Crippen LogP contribution < -0.4 is 10.6 Å². The summed E-state index contributed by atoms with van der Waals surface area (Å²) >= 11 is 0. The Morgan fingerprint density at radius 2 is 2.05 bits per heavy atom. The van der Waals surface area contributed by atoms with E-state index in [-0.39, 0.29) is 5.84 Å². The van der Waals surface area contributed by atoms with Crippen molar-refractivity contribution in [3.05, 3.63) is 47.8 Å². The smallest absolute Gasteiger partial charge is 0.170 e. The second-order valence-corrected chi connectivity index (χ2v) is 4.37. The minimum absolute atomic E-state index is 0.110. The van der Waals surface area contributed by atoms with Gasteiger partial charge in [-0.3, -0.25) is 4.68 Å². The van der Waals surface area contributed by atoms with Gasteiger partial charge >= 0.3 is 0 Å². The van der Waals surface area contributed by atoms with Crippen LogP contribution in [0.3, 0.4) is 0 Å². The van der Waals surface area contributed by atoms with E-state index in [1.54, 1.807) is 4.68 Å². The molecule has 3 N–H and O–H groups in total. The van der Waals surface area contributed by atoms with Crippen LogP contribution in [0.2, 0.25) is 0 Å². The van der Waals surface area contributed by atoms with Gasteiger partial charge in [-0.25, -0.2) is 0 Å². The summed E-state index contributed by atoms with van der Waals surface area (Å²) in [5, 5.41) is 15.9. The number of oxime groups is 1. The van der Waals surface area contributed by atoms with Crippen LogP contribution in [0.4, 0.5) is 5.69 Å². The van der Waals surface area contributed by atoms with Gasteiger partial charge in [0.25, 0.3) is 0 Å². The Balaban J connectivity index is 2.09. The highest BCUT2D eigenvalue weighted by Gasteiger charge is 2.05. The van der Waals surface area contributed by atoms with Gasteiger partial charge in [0.1, 0.15) is 0 Å². The summed E-state index contributed by atoms with van der Waals surface area (Å²) < 4.78 is 1.78. The predicted octanol–water partition coefficient (Wildman–Crippen LogP) is 1.15. The molecule has 0 atom stereocenters. The van der Waals surface area contributed by atoms with Crippen LogP contribution in [-0.4, -0.2) is 27.9 Å². The maximum absolute atomic E-state index is 8.61. The lowest BCUT2D eigenvalue weighted by Gasteiger charge is -2.18. The van der Waals surface area contributed by atoms with Gasteiger partial charge < -0.3 is 15.8 Å². The van der Waals surface area contributed by atoms with E-state index in [0.29, 0.717) is 5.56 Å². The number of aryl methyl sites for hydroxylation is 1. The van der Waals surface area contributed by atoms with E-state index < -0.39 is 0 Å². The van der Waals surface area contributed by atoms with Crippen molar-refractivity contribution < 1.29 is 5.21 Å². The molecule has 1 heterocycles. The second-order valence-electron chi connectivity index (χ2n) is 4.37. The molecule has 0 radical (unpaired) electrons. The van der Waals surface area contributed by atoms with Gasteiger partial charge in [-0.1, -0.05) is 5.16 Å². The fourth-order valence-corrected chi connectivity index (χ4v) is 1.83. The molecule has 6 nitrogen and oxygen atoms in total. The third kappa shape index (κ3) is 3.04. The van der Waals surface area contributed by atoms with Crippen molar-refractivity contribution in [2.24, 2.45) is 17.9 Å². The number of amidine groups is 1. The molecule has 100 valence electrons. The fraction of sp³-hybridized carbons (Fsp3) is 0.231. The van der Waals surface area contributed by atoms with Crippen molar-refractivity contribution in [1.29, 1.82) is 0 Å². The van der Waals surface area contributed by atoms with Crippen LogP contribution in [0.1, 0.15) is 11.3 Å². The first-order valence-electron chi connectivity index (χ1n) is 5.88. The summed E-state index contributed by atoms with van der Waals surface area (Å²) in [7, 11) is 3.89. The van der Waals surface area contributed by atoms with E-state index in [0.717, 1.165) is 17.9 Å². The second kappa shape index (κ2) is 5.43. The molecule has 0 spiro atoms. The van der Waals surface area contributed by atoms with Gasteiger partial charge in [-0.05, 0) is 30.3 Å². The maximum Gasteiger partial charge on any atom is 0.170 e. The summed E-state index contributed by atoms with van der Waals surface area (Å²) in [6, 6.07) is 9.48. The number of nitrogens with zero attached hydrogens (tertiary/aromatic N) is 4. The zero-order valence-corrected chi connectivity index (χ0v) is 11.0. The number of hydrogen-bond donors (Lipinski definition) is 2. The predicted molar refractivity (Wildman–Crippen MR) is 74.3 cm³/mol. The SMILES string of the molecule is CN(Cc1ccn(C)n1)c1ccc(/C(N)=N/O)cc1. The average molecular weight is 259 g/mol. The van der Waals surface area contributed by atoms with E-state index in [4.69, 9.17) is 10.9 Å². The zero-order valence-electron chi connectivity index (χ0n) is 11.0. The third-order valence-electron chi connectivity index (χ3n) is 2.88. The first-order chi connectivity index (χ1) is 9.10. The van der Waals surface area contributed by atoms with Crippen LogP contribution in [0.5, 0.6) is 0 Å². The minimum Gasteiger partial charge on any atom is -0.409 e. The van der Waals surface area contributed by atoms with E-state index in [9.17, 15) is 0 Å². The van der Waals surface area contributed by atoms with Crippen LogP contribution >= 0.6 is 0 Å². The van der Waals surface area contributed by atoms with Crippen molar-refractivity contribution in [1.82, 2.24) is 9.78 Å². The molecule has 1 aromatic heterocycles. The molecule has 0 saturated carbocycles. The molecule has 0 aliphatic rings. The normalized spacial score (nSPS) is 11.6. The van der Waals surface area contributed by atoms with Crippen LogP contribution in [0.15, 0.2) is 41.7 Å². The van der Waals surface area contributed by atoms with Crippen molar-refractivity contribution >= 4 is 11.5 Å². The fourth-order valence-electron chi connectivity index (χ4n) is 1.83. The molecule has 0 aliphatic heterocycles. The highest BCUT2D eigenvalue weighted by Crippen LogP contribution is 2.15. The van der Waals surface area contributed by atoms with E-state index in [2.05, 4.69) is 15.2 Å². The lowest BCUT2D eigenvalue weighted by atomic mass is 10.2. The number of nitrogens with two attached hydrogens (primary N) is 1. The topological polar surface area (TPSA) is 79.7 Å². The number of hydrogen-bond acceptors (Lipinski definition) is 4. The Labute approximate surface area is 111 Å². The molecule has 1 aromatic carbocycles. The van der Waals surface area contributed by atoms with Crippen molar-refractivity contribution in [3.63, 3.8) is 0 Å². The third-order valence-corrected chi connectivity index (χ3v) is 2.88. The molecule has 0 fully saturated rings. The molecule has 0 saturated heterocycles. The summed E-state index contributed by atoms with van der Waals surface area (Å²) in [6.45, 7) is 0.726. The monoisotopic (exact) mass is 259 g/mol. The highest BCUT2D eigenvalue weighted by atomic mass is 16.4. The number of anilines is 1. The molecular formula is C13H17N5O. The summed E-state index contributed by atoms with van der Waals surface area (Å²) in [6.07, 6.45) is 1.92. The lowest BCUT2D eigenvalue weighted by molar-refractivity contribution is 0.318. The van der Waals surface area contributed by atoms with Crippen LogP contribution in [0, 0.1) is 0 Å². The molecule has 2 rings (SSSR count). The summed E-state index contributed by atoms with van der Waals surface area (Å²) in [4.78, 5) is 2.08. The van der Waals surface area contributed by atoms with Gasteiger partial charge in [-0.15, -0.1) is 0 Å². The first kappa shape index (κ1) is 12.9. The molecule has 19 heavy (non-hydrogen) atoms. The Kier molecular flexibility index (Phi) is 3.70. The lowest BCUT2D eigenvalue weighted by Crippen LogP contribution is -2.17. The quantitative estimate of drug-likeness (QED) is 0.373. The van der Waals surface area contributed by atoms with Crippen molar-refractivity contribution in [2.75, 3.05) is 11.9 Å². The van der Waals surface area contributed by atoms with Gasteiger partial charge in [0, 0.05) is 31.5 Å². The van der Waals surface area contributed by atoms with Crippen LogP contribution in [0.25, 0.3) is 0 Å². The van der Waals surface area contributed by atoms with Crippen LogP contribution in [-0.2, 0) is 13.6 Å². The maximum atomic E-state index is 8.61. The molecule has 6 heteroatoms. The Morgan fingerprint density at radius 3 is 2.58 bits per heavy atom. The number of aromatic nitrogens is 2. The van der Waals surface area contributed by atoms with E-state index in [1.165, 1.54) is 0 Å². The number of benzene rings is 1. The van der Waals surface area contributed by atoms with E-state index in [1.807, 2.05) is 50.6 Å². The molecule has 0 amide bonds. The molecule has 2 aromatic rings. The molecule has 0 aliphatic carbocycles. The summed E-state index contributed by atoms with van der Waals surface area (Å²) in [5.74, 6) is 0.110. The van der Waals surface area contributed by atoms with Gasteiger partial charge in [0.2, 0.25) is 0 Å². The Morgan fingerprint density at radius 1 is 1.37 bits per heavy atom. The standard InChI is InChI=1S/C13H17N5O/c1-17(9-11-7-8-18(2)15-11)12-5-3-10(4-6-12)13(14)16-19/h3-8,19H,9H2,1-2H3,(H2,14,16). The van der Waals surface area contributed by atoms with Gasteiger partial charge in [0.15, 0.2) is 5.84 Å². The largest absolute Gasteiger partial charge is 0.409 e.